The Bertz CT molecular complexity index is 1680. The van der Waals surface area contributed by atoms with Crippen molar-refractivity contribution in [3.05, 3.63) is 96.3 Å². The van der Waals surface area contributed by atoms with Crippen molar-refractivity contribution in [2.24, 2.45) is 11.8 Å². The number of rotatable bonds is 12. The number of hydrogen-bond donors (Lipinski definition) is 3. The number of anilines is 3. The number of nitrogens with zero attached hydrogens (tertiary/aromatic N) is 3. The molecule has 0 saturated heterocycles. The smallest absolute Gasteiger partial charge is 0.225 e. The van der Waals surface area contributed by atoms with E-state index in [1.165, 1.54) is 23.2 Å². The highest BCUT2D eigenvalue weighted by Crippen LogP contribution is 2.32. The van der Waals surface area contributed by atoms with Crippen molar-refractivity contribution in [3.63, 3.8) is 0 Å². The lowest BCUT2D eigenvalue weighted by Crippen LogP contribution is -2.30. The summed E-state index contributed by atoms with van der Waals surface area (Å²) in [5.41, 5.74) is 6.44. The Labute approximate surface area is 258 Å². The maximum Gasteiger partial charge on any atom is 0.225 e. The lowest BCUT2D eigenvalue weighted by atomic mass is 9.82. The topological polar surface area (TPSA) is 74.3 Å². The molecule has 7 nitrogen and oxygen atoms in total. The Morgan fingerprint density at radius 3 is 2.25 bits per heavy atom. The molecule has 4 aromatic carbocycles. The normalized spacial score (nSPS) is 16.6. The van der Waals surface area contributed by atoms with E-state index in [1.54, 1.807) is 0 Å². The summed E-state index contributed by atoms with van der Waals surface area (Å²) in [5.74, 6) is 3.29. The van der Waals surface area contributed by atoms with Gasteiger partial charge in [-0.3, -0.25) is 0 Å². The van der Waals surface area contributed by atoms with Gasteiger partial charge in [-0.05, 0) is 85.9 Å². The summed E-state index contributed by atoms with van der Waals surface area (Å²) in [6, 6.07) is 27.3. The molecule has 1 aliphatic rings. The summed E-state index contributed by atoms with van der Waals surface area (Å²) in [7, 11) is 4.13. The van der Waals surface area contributed by atoms with Crippen molar-refractivity contribution < 1.29 is 9.23 Å². The van der Waals surface area contributed by atoms with E-state index in [4.69, 9.17) is 14.8 Å². The van der Waals surface area contributed by atoms with Gasteiger partial charge in [-0.1, -0.05) is 48.5 Å². The van der Waals surface area contributed by atoms with Gasteiger partial charge in [0.05, 0.1) is 5.52 Å². The molecule has 5 aromatic rings. The summed E-state index contributed by atoms with van der Waals surface area (Å²) in [6.07, 6.45) is 5.44. The van der Waals surface area contributed by atoms with Crippen LogP contribution in [0.2, 0.25) is 0 Å². The third kappa shape index (κ3) is 7.19. The van der Waals surface area contributed by atoms with Gasteiger partial charge in [0.25, 0.3) is 0 Å². The van der Waals surface area contributed by atoms with E-state index < -0.39 is 0 Å². The Balaban J connectivity index is 0.985. The highest BCUT2D eigenvalue weighted by Gasteiger charge is 2.22. The number of nitrogens with one attached hydrogen (secondary N) is 3. The number of hydroxylamine groups is 1. The van der Waals surface area contributed by atoms with Crippen LogP contribution in [-0.2, 0) is 6.42 Å². The van der Waals surface area contributed by atoms with Crippen LogP contribution in [-0.4, -0.2) is 43.7 Å². The quantitative estimate of drug-likeness (QED) is 0.130. The van der Waals surface area contributed by atoms with Gasteiger partial charge in [0.2, 0.25) is 5.95 Å². The zero-order chi connectivity index (χ0) is 30.3. The average molecular weight is 593 g/mol. The summed E-state index contributed by atoms with van der Waals surface area (Å²) >= 11 is 0. The Morgan fingerprint density at radius 1 is 0.750 bits per heavy atom. The van der Waals surface area contributed by atoms with Gasteiger partial charge in [0.1, 0.15) is 11.6 Å². The van der Waals surface area contributed by atoms with Crippen molar-refractivity contribution in [3.8, 4) is 5.75 Å². The van der Waals surface area contributed by atoms with Crippen LogP contribution in [0.5, 0.6) is 5.75 Å². The van der Waals surface area contributed by atoms with Crippen molar-refractivity contribution in [2.45, 2.75) is 32.1 Å². The van der Waals surface area contributed by atoms with Crippen molar-refractivity contribution in [2.75, 3.05) is 49.3 Å². The number of benzene rings is 4. The highest BCUT2D eigenvalue weighted by atomic mass is 19.1. The third-order valence-electron chi connectivity index (χ3n) is 8.63. The molecule has 228 valence electrons. The summed E-state index contributed by atoms with van der Waals surface area (Å²) < 4.78 is 13.3. The molecule has 1 heterocycles. The van der Waals surface area contributed by atoms with Gasteiger partial charge in [-0.15, -0.1) is 0 Å². The molecule has 0 unspecified atom stereocenters. The van der Waals surface area contributed by atoms with E-state index in [2.05, 4.69) is 65.4 Å². The Morgan fingerprint density at radius 2 is 1.45 bits per heavy atom. The number of aromatic nitrogens is 2. The fourth-order valence-corrected chi connectivity index (χ4v) is 6.12. The number of hydrogen-bond acceptors (Lipinski definition) is 7. The van der Waals surface area contributed by atoms with E-state index in [9.17, 15) is 4.39 Å². The fourth-order valence-electron chi connectivity index (χ4n) is 6.12. The van der Waals surface area contributed by atoms with E-state index in [1.807, 2.05) is 42.5 Å². The first-order valence-corrected chi connectivity index (χ1v) is 15.6. The fraction of sp³-hybridized carbons (Fsp3) is 0.333. The highest BCUT2D eigenvalue weighted by molar-refractivity contribution is 5.97. The van der Waals surface area contributed by atoms with Crippen LogP contribution in [0.25, 0.3) is 21.7 Å². The molecule has 1 aromatic heterocycles. The number of halogens is 1. The second-order valence-corrected chi connectivity index (χ2v) is 12.0. The standard InChI is InChI=1S/C36H41FN6O/c1-43(2)33-11-5-9-30-29(33)8-6-12-34(30)44-40-24-27-15-13-26(14-16-27)23-39-36-41-32-10-4-3-7-31(32)35(42-36)38-22-21-25-17-19-28(37)20-18-25/h3-12,17-20,26-27,40H,13-16,21-24H2,1-2H3,(H2,38,39,41,42). The molecule has 8 heteroatoms. The van der Waals surface area contributed by atoms with E-state index in [-0.39, 0.29) is 5.82 Å². The van der Waals surface area contributed by atoms with Crippen LogP contribution >= 0.6 is 0 Å². The Kier molecular flexibility index (Phi) is 9.37. The molecule has 0 radical (unpaired) electrons. The average Bonchev–Trinajstić information content (AvgIpc) is 3.05. The SMILES string of the molecule is CN(C)c1cccc2c(ONCC3CCC(CNc4nc(NCCc5ccc(F)cc5)c5ccccc5n4)CC3)cccc12. The molecule has 44 heavy (non-hydrogen) atoms. The molecular weight excluding hydrogens is 551 g/mol. The second-order valence-electron chi connectivity index (χ2n) is 12.0. The minimum Gasteiger partial charge on any atom is -0.408 e. The summed E-state index contributed by atoms with van der Waals surface area (Å²) in [6.45, 7) is 2.39. The minimum absolute atomic E-state index is 0.214. The number of para-hydroxylation sites is 1. The lowest BCUT2D eigenvalue weighted by molar-refractivity contribution is 0.157. The summed E-state index contributed by atoms with van der Waals surface area (Å²) in [4.78, 5) is 17.8. The van der Waals surface area contributed by atoms with Crippen LogP contribution in [0.3, 0.4) is 0 Å². The van der Waals surface area contributed by atoms with E-state index in [0.29, 0.717) is 24.3 Å². The first-order chi connectivity index (χ1) is 21.5. The van der Waals surface area contributed by atoms with Crippen LogP contribution in [0.1, 0.15) is 31.2 Å². The van der Waals surface area contributed by atoms with Crippen LogP contribution in [0.4, 0.5) is 21.8 Å². The predicted molar refractivity (Wildman–Crippen MR) is 179 cm³/mol. The van der Waals surface area contributed by atoms with Crippen LogP contribution in [0, 0.1) is 17.7 Å². The molecule has 0 atom stereocenters. The van der Waals surface area contributed by atoms with Crippen LogP contribution in [0.15, 0.2) is 84.9 Å². The minimum atomic E-state index is -0.214. The lowest BCUT2D eigenvalue weighted by Gasteiger charge is -2.28. The largest absolute Gasteiger partial charge is 0.408 e. The molecule has 6 rings (SSSR count). The predicted octanol–water partition coefficient (Wildman–Crippen LogP) is 7.44. The van der Waals surface area contributed by atoms with Crippen molar-refractivity contribution in [1.29, 1.82) is 0 Å². The van der Waals surface area contributed by atoms with Gasteiger partial charge in [0.15, 0.2) is 5.75 Å². The summed E-state index contributed by atoms with van der Waals surface area (Å²) in [5, 5.41) is 10.3. The molecule has 1 saturated carbocycles. The number of fused-ring (bicyclic) bond motifs is 2. The molecule has 0 spiro atoms. The van der Waals surface area contributed by atoms with Gasteiger partial charge in [-0.25, -0.2) is 9.37 Å². The maximum atomic E-state index is 13.3. The molecule has 0 amide bonds. The van der Waals surface area contributed by atoms with Crippen molar-refractivity contribution >= 4 is 39.1 Å². The van der Waals surface area contributed by atoms with Crippen LogP contribution < -0.4 is 25.9 Å². The first kappa shape index (κ1) is 29.6. The van der Waals surface area contributed by atoms with Gasteiger partial charge < -0.3 is 20.4 Å². The van der Waals surface area contributed by atoms with Gasteiger partial charge in [0, 0.05) is 55.6 Å². The van der Waals surface area contributed by atoms with Crippen molar-refractivity contribution in [1.82, 2.24) is 15.4 Å². The van der Waals surface area contributed by atoms with E-state index in [0.717, 1.165) is 78.6 Å². The molecule has 1 aliphatic carbocycles. The second kappa shape index (κ2) is 13.9. The molecule has 3 N–H and O–H groups in total. The molecule has 1 fully saturated rings. The first-order valence-electron chi connectivity index (χ1n) is 15.6. The van der Waals surface area contributed by atoms with E-state index >= 15 is 0 Å². The Hall–Kier alpha value is -4.43. The molecular formula is C36H41FN6O. The zero-order valence-electron chi connectivity index (χ0n) is 25.5. The van der Waals surface area contributed by atoms with Gasteiger partial charge >= 0.3 is 0 Å². The maximum absolute atomic E-state index is 13.3. The molecule has 0 aliphatic heterocycles. The molecule has 0 bridgehead atoms. The third-order valence-corrected chi connectivity index (χ3v) is 8.63. The zero-order valence-corrected chi connectivity index (χ0v) is 25.5. The monoisotopic (exact) mass is 592 g/mol. The van der Waals surface area contributed by atoms with Gasteiger partial charge in [-0.2, -0.15) is 10.5 Å².